The van der Waals surface area contributed by atoms with Crippen LogP contribution in [0.1, 0.15) is 24.0 Å². The van der Waals surface area contributed by atoms with Gasteiger partial charge in [-0.25, -0.2) is 0 Å². The molecule has 4 heteroatoms. The highest BCUT2D eigenvalue weighted by molar-refractivity contribution is 5.38. The molecule has 1 aliphatic rings. The second kappa shape index (κ2) is 5.69. The van der Waals surface area contributed by atoms with Crippen LogP contribution in [0.4, 0.5) is 0 Å². The number of rotatable bonds is 5. The zero-order chi connectivity index (χ0) is 13.0. The molecule has 1 heterocycles. The van der Waals surface area contributed by atoms with Crippen LogP contribution in [-0.4, -0.2) is 26.9 Å². The third-order valence-corrected chi connectivity index (χ3v) is 3.30. The SMILES string of the molecule is COc1ccc(C2(CCCN)OCCO2)cc1C. The molecule has 1 fully saturated rings. The lowest BCUT2D eigenvalue weighted by molar-refractivity contribution is -0.171. The van der Waals surface area contributed by atoms with Gasteiger partial charge in [0.1, 0.15) is 5.75 Å². The summed E-state index contributed by atoms with van der Waals surface area (Å²) < 4.78 is 17.0. The number of ether oxygens (including phenoxy) is 3. The fourth-order valence-corrected chi connectivity index (χ4v) is 2.36. The quantitative estimate of drug-likeness (QED) is 0.869. The van der Waals surface area contributed by atoms with E-state index in [2.05, 4.69) is 6.07 Å². The third kappa shape index (κ3) is 2.51. The Morgan fingerprint density at radius 2 is 2.06 bits per heavy atom. The Bertz CT molecular complexity index is 400. The van der Waals surface area contributed by atoms with Crippen LogP contribution in [0.15, 0.2) is 18.2 Å². The van der Waals surface area contributed by atoms with Crippen molar-refractivity contribution in [1.82, 2.24) is 0 Å². The van der Waals surface area contributed by atoms with Crippen molar-refractivity contribution in [3.8, 4) is 5.75 Å². The Balaban J connectivity index is 2.28. The Labute approximate surface area is 108 Å². The van der Waals surface area contributed by atoms with Crippen molar-refractivity contribution in [1.29, 1.82) is 0 Å². The maximum absolute atomic E-state index is 5.84. The summed E-state index contributed by atoms with van der Waals surface area (Å²) in [4.78, 5) is 0. The zero-order valence-electron chi connectivity index (χ0n) is 11.1. The molecule has 100 valence electrons. The molecule has 0 aliphatic carbocycles. The number of methoxy groups -OCH3 is 1. The van der Waals surface area contributed by atoms with Gasteiger partial charge in [-0.05, 0) is 43.7 Å². The van der Waals surface area contributed by atoms with Crippen molar-refractivity contribution in [3.63, 3.8) is 0 Å². The van der Waals surface area contributed by atoms with E-state index in [1.807, 2.05) is 19.1 Å². The molecule has 18 heavy (non-hydrogen) atoms. The number of benzene rings is 1. The summed E-state index contributed by atoms with van der Waals surface area (Å²) in [6.45, 7) is 3.93. The number of hydrogen-bond acceptors (Lipinski definition) is 4. The van der Waals surface area contributed by atoms with Crippen LogP contribution >= 0.6 is 0 Å². The highest BCUT2D eigenvalue weighted by atomic mass is 16.7. The van der Waals surface area contributed by atoms with Crippen LogP contribution in [0.3, 0.4) is 0 Å². The van der Waals surface area contributed by atoms with Crippen molar-refractivity contribution in [2.24, 2.45) is 5.73 Å². The maximum Gasteiger partial charge on any atom is 0.195 e. The normalized spacial score (nSPS) is 17.9. The summed E-state index contributed by atoms with van der Waals surface area (Å²) >= 11 is 0. The first-order valence-electron chi connectivity index (χ1n) is 6.35. The summed E-state index contributed by atoms with van der Waals surface area (Å²) in [5.74, 6) is 0.266. The smallest absolute Gasteiger partial charge is 0.195 e. The summed E-state index contributed by atoms with van der Waals surface area (Å²) in [5.41, 5.74) is 7.72. The lowest BCUT2D eigenvalue weighted by Crippen LogP contribution is -2.28. The number of nitrogens with two attached hydrogens (primary N) is 1. The standard InChI is InChI=1S/C14H21NO3/c1-11-10-12(4-5-13(11)16-2)14(6-3-7-15)17-8-9-18-14/h4-5,10H,3,6-9,15H2,1-2H3. The fourth-order valence-electron chi connectivity index (χ4n) is 2.36. The predicted molar refractivity (Wildman–Crippen MR) is 69.6 cm³/mol. The first-order valence-corrected chi connectivity index (χ1v) is 6.35. The van der Waals surface area contributed by atoms with Crippen LogP contribution < -0.4 is 10.5 Å². The van der Waals surface area contributed by atoms with E-state index in [4.69, 9.17) is 19.9 Å². The van der Waals surface area contributed by atoms with Gasteiger partial charge in [0, 0.05) is 12.0 Å². The molecule has 0 atom stereocenters. The summed E-state index contributed by atoms with van der Waals surface area (Å²) in [6, 6.07) is 6.04. The zero-order valence-corrected chi connectivity index (χ0v) is 11.1. The minimum atomic E-state index is -0.615. The van der Waals surface area contributed by atoms with Crippen molar-refractivity contribution in [2.45, 2.75) is 25.6 Å². The minimum absolute atomic E-state index is 0.615. The van der Waals surface area contributed by atoms with Crippen LogP contribution in [0.2, 0.25) is 0 Å². The van der Waals surface area contributed by atoms with E-state index < -0.39 is 5.79 Å². The largest absolute Gasteiger partial charge is 0.496 e. The minimum Gasteiger partial charge on any atom is -0.496 e. The highest BCUT2D eigenvalue weighted by Crippen LogP contribution is 2.37. The van der Waals surface area contributed by atoms with E-state index in [0.29, 0.717) is 19.8 Å². The average Bonchev–Trinajstić information content (AvgIpc) is 2.86. The van der Waals surface area contributed by atoms with Crippen molar-refractivity contribution in [3.05, 3.63) is 29.3 Å². The fraction of sp³-hybridized carbons (Fsp3) is 0.571. The van der Waals surface area contributed by atoms with Gasteiger partial charge in [-0.15, -0.1) is 0 Å². The van der Waals surface area contributed by atoms with E-state index in [1.54, 1.807) is 7.11 Å². The molecule has 0 radical (unpaired) electrons. The Kier molecular flexibility index (Phi) is 4.22. The van der Waals surface area contributed by atoms with Gasteiger partial charge in [0.05, 0.1) is 20.3 Å². The van der Waals surface area contributed by atoms with Gasteiger partial charge in [0.2, 0.25) is 0 Å². The van der Waals surface area contributed by atoms with Crippen molar-refractivity contribution in [2.75, 3.05) is 26.9 Å². The molecule has 0 aromatic heterocycles. The second-order valence-corrected chi connectivity index (χ2v) is 4.53. The number of hydrogen-bond donors (Lipinski definition) is 1. The van der Waals surface area contributed by atoms with Gasteiger partial charge in [-0.3, -0.25) is 0 Å². The molecular weight excluding hydrogens is 230 g/mol. The summed E-state index contributed by atoms with van der Waals surface area (Å²) in [5, 5.41) is 0. The first kappa shape index (κ1) is 13.3. The predicted octanol–water partition coefficient (Wildman–Crippen LogP) is 1.94. The molecule has 2 N–H and O–H groups in total. The van der Waals surface area contributed by atoms with Crippen molar-refractivity contribution < 1.29 is 14.2 Å². The number of aryl methyl sites for hydroxylation is 1. The van der Waals surface area contributed by atoms with Crippen LogP contribution in [0, 0.1) is 6.92 Å². The Morgan fingerprint density at radius 1 is 1.33 bits per heavy atom. The summed E-state index contributed by atoms with van der Waals surface area (Å²) in [6.07, 6.45) is 1.67. The molecule has 0 unspecified atom stereocenters. The topological polar surface area (TPSA) is 53.7 Å². The molecule has 1 aromatic carbocycles. The second-order valence-electron chi connectivity index (χ2n) is 4.53. The Hall–Kier alpha value is -1.10. The molecule has 4 nitrogen and oxygen atoms in total. The van der Waals surface area contributed by atoms with Crippen LogP contribution in [0.25, 0.3) is 0 Å². The summed E-state index contributed by atoms with van der Waals surface area (Å²) in [7, 11) is 1.68. The van der Waals surface area contributed by atoms with Gasteiger partial charge in [-0.1, -0.05) is 0 Å². The highest BCUT2D eigenvalue weighted by Gasteiger charge is 2.38. The molecule has 0 saturated carbocycles. The van der Waals surface area contributed by atoms with Crippen molar-refractivity contribution >= 4 is 0 Å². The van der Waals surface area contributed by atoms with E-state index in [0.717, 1.165) is 29.7 Å². The van der Waals surface area contributed by atoms with Gasteiger partial charge in [0.25, 0.3) is 0 Å². The van der Waals surface area contributed by atoms with E-state index in [1.165, 1.54) is 0 Å². The monoisotopic (exact) mass is 251 g/mol. The van der Waals surface area contributed by atoms with Gasteiger partial charge in [-0.2, -0.15) is 0 Å². The third-order valence-electron chi connectivity index (χ3n) is 3.30. The molecule has 1 saturated heterocycles. The van der Waals surface area contributed by atoms with Gasteiger partial charge < -0.3 is 19.9 Å². The first-order chi connectivity index (χ1) is 8.72. The molecule has 0 spiro atoms. The molecule has 0 bridgehead atoms. The lowest BCUT2D eigenvalue weighted by Gasteiger charge is -2.28. The van der Waals surface area contributed by atoms with Gasteiger partial charge >= 0.3 is 0 Å². The molecular formula is C14H21NO3. The molecule has 2 rings (SSSR count). The van der Waals surface area contributed by atoms with Gasteiger partial charge in [0.15, 0.2) is 5.79 Å². The lowest BCUT2D eigenvalue weighted by atomic mass is 9.98. The molecule has 0 amide bonds. The van der Waals surface area contributed by atoms with E-state index >= 15 is 0 Å². The average molecular weight is 251 g/mol. The Morgan fingerprint density at radius 3 is 2.61 bits per heavy atom. The van der Waals surface area contributed by atoms with E-state index in [9.17, 15) is 0 Å². The van der Waals surface area contributed by atoms with Crippen LogP contribution in [-0.2, 0) is 15.3 Å². The van der Waals surface area contributed by atoms with E-state index in [-0.39, 0.29) is 0 Å². The molecule has 1 aromatic rings. The molecule has 1 aliphatic heterocycles. The maximum atomic E-state index is 5.84. The van der Waals surface area contributed by atoms with Crippen LogP contribution in [0.5, 0.6) is 5.75 Å².